The van der Waals surface area contributed by atoms with E-state index >= 15 is 0 Å². The summed E-state index contributed by atoms with van der Waals surface area (Å²) in [7, 11) is 1.77. The lowest BCUT2D eigenvalue weighted by Crippen LogP contribution is -2.43. The predicted octanol–water partition coefficient (Wildman–Crippen LogP) is 1.81. The molecule has 1 heterocycles. The molecule has 0 spiro atoms. The number of fused-ring (bicyclic) bond motifs is 1. The summed E-state index contributed by atoms with van der Waals surface area (Å²) in [6.07, 6.45) is 0.776. The lowest BCUT2D eigenvalue weighted by Gasteiger charge is -2.32. The first-order valence-corrected chi connectivity index (χ1v) is 6.38. The van der Waals surface area contributed by atoms with Gasteiger partial charge in [0.05, 0.1) is 5.56 Å². The summed E-state index contributed by atoms with van der Waals surface area (Å²) in [5.74, 6) is -0.933. The van der Waals surface area contributed by atoms with Crippen molar-refractivity contribution in [2.24, 2.45) is 0 Å². The number of hydrogen-bond acceptors (Lipinski definition) is 2. The van der Waals surface area contributed by atoms with Crippen LogP contribution in [0.15, 0.2) is 18.2 Å². The average Bonchev–Trinajstić information content (AvgIpc) is 2.44. The maximum absolute atomic E-state index is 12.1. The van der Waals surface area contributed by atoms with E-state index in [4.69, 9.17) is 5.11 Å². The second-order valence-corrected chi connectivity index (χ2v) is 4.76. The van der Waals surface area contributed by atoms with Gasteiger partial charge in [-0.15, -0.1) is 0 Å². The van der Waals surface area contributed by atoms with E-state index in [2.05, 4.69) is 0 Å². The summed E-state index contributed by atoms with van der Waals surface area (Å²) in [4.78, 5) is 26.5. The van der Waals surface area contributed by atoms with Gasteiger partial charge < -0.3 is 14.9 Å². The fraction of sp³-hybridized carbons (Fsp3) is 0.429. The third kappa shape index (κ3) is 2.70. The number of rotatable bonds is 2. The molecule has 5 nitrogen and oxygen atoms in total. The largest absolute Gasteiger partial charge is 0.478 e. The van der Waals surface area contributed by atoms with Crippen molar-refractivity contribution in [3.05, 3.63) is 34.9 Å². The third-order valence-corrected chi connectivity index (χ3v) is 3.54. The number of carbonyl (C=O) groups excluding carboxylic acids is 1. The summed E-state index contributed by atoms with van der Waals surface area (Å²) >= 11 is 0. The molecular weight excluding hydrogens is 244 g/mol. The van der Waals surface area contributed by atoms with Crippen molar-refractivity contribution in [1.82, 2.24) is 9.80 Å². The number of carboxylic acid groups (broad SMARTS) is 1. The van der Waals surface area contributed by atoms with E-state index in [1.807, 2.05) is 13.0 Å². The number of aromatic carboxylic acids is 1. The van der Waals surface area contributed by atoms with E-state index in [1.54, 1.807) is 29.0 Å². The van der Waals surface area contributed by atoms with Crippen molar-refractivity contribution in [2.75, 3.05) is 20.1 Å². The Hall–Kier alpha value is -2.04. The smallest absolute Gasteiger partial charge is 0.335 e. The molecule has 0 aromatic heterocycles. The van der Waals surface area contributed by atoms with Crippen LogP contribution in [0, 0.1) is 0 Å². The molecule has 1 aliphatic heterocycles. The first kappa shape index (κ1) is 13.4. The maximum Gasteiger partial charge on any atom is 0.335 e. The summed E-state index contributed by atoms with van der Waals surface area (Å²) in [6.45, 7) is 3.76. The Labute approximate surface area is 112 Å². The molecule has 1 aromatic carbocycles. The highest BCUT2D eigenvalue weighted by molar-refractivity contribution is 5.88. The lowest BCUT2D eigenvalue weighted by molar-refractivity contribution is 0.0696. The predicted molar refractivity (Wildman–Crippen MR) is 71.2 cm³/mol. The molecule has 0 saturated heterocycles. The van der Waals surface area contributed by atoms with Crippen LogP contribution in [0.4, 0.5) is 4.79 Å². The second-order valence-electron chi connectivity index (χ2n) is 4.76. The monoisotopic (exact) mass is 262 g/mol. The molecule has 0 atom stereocenters. The number of benzene rings is 1. The number of carbonyl (C=O) groups is 2. The highest BCUT2D eigenvalue weighted by Crippen LogP contribution is 2.21. The van der Waals surface area contributed by atoms with Gasteiger partial charge in [-0.25, -0.2) is 9.59 Å². The van der Waals surface area contributed by atoms with Gasteiger partial charge in [-0.2, -0.15) is 0 Å². The molecule has 0 unspecified atom stereocenters. The Balaban J connectivity index is 2.20. The molecule has 0 bridgehead atoms. The molecule has 102 valence electrons. The van der Waals surface area contributed by atoms with E-state index in [1.165, 1.54) is 0 Å². The molecule has 0 aliphatic carbocycles. The van der Waals surface area contributed by atoms with Gasteiger partial charge in [0.2, 0.25) is 0 Å². The molecule has 1 aliphatic rings. The van der Waals surface area contributed by atoms with E-state index in [0.29, 0.717) is 19.6 Å². The van der Waals surface area contributed by atoms with Crippen LogP contribution in [0.1, 0.15) is 28.4 Å². The first-order valence-electron chi connectivity index (χ1n) is 6.38. The number of carboxylic acids is 1. The minimum Gasteiger partial charge on any atom is -0.478 e. The second kappa shape index (κ2) is 5.30. The summed E-state index contributed by atoms with van der Waals surface area (Å²) in [5, 5.41) is 9.00. The molecule has 0 fully saturated rings. The van der Waals surface area contributed by atoms with Gasteiger partial charge in [0, 0.05) is 26.7 Å². The molecule has 19 heavy (non-hydrogen) atoms. The summed E-state index contributed by atoms with van der Waals surface area (Å²) in [5.41, 5.74) is 2.34. The average molecular weight is 262 g/mol. The van der Waals surface area contributed by atoms with E-state index in [0.717, 1.165) is 17.5 Å². The normalized spacial score (nSPS) is 13.9. The Kier molecular flexibility index (Phi) is 3.74. The molecule has 0 saturated carbocycles. The minimum absolute atomic E-state index is 0.00567. The summed E-state index contributed by atoms with van der Waals surface area (Å²) < 4.78 is 0. The van der Waals surface area contributed by atoms with Crippen LogP contribution in [-0.2, 0) is 13.0 Å². The van der Waals surface area contributed by atoms with Crippen molar-refractivity contribution in [3.8, 4) is 0 Å². The molecule has 0 radical (unpaired) electrons. The standard InChI is InChI=1S/C14H18N2O3/c1-3-15(2)14(19)16-7-6-10-4-5-11(13(17)18)8-12(10)9-16/h4-5,8H,3,6-7,9H2,1-2H3,(H,17,18). The van der Waals surface area contributed by atoms with Gasteiger partial charge in [-0.3, -0.25) is 0 Å². The zero-order chi connectivity index (χ0) is 14.0. The van der Waals surface area contributed by atoms with E-state index in [9.17, 15) is 9.59 Å². The van der Waals surface area contributed by atoms with Crippen molar-refractivity contribution in [2.45, 2.75) is 19.9 Å². The van der Waals surface area contributed by atoms with Crippen molar-refractivity contribution >= 4 is 12.0 Å². The van der Waals surface area contributed by atoms with Gasteiger partial charge in [-0.1, -0.05) is 6.07 Å². The van der Waals surface area contributed by atoms with Crippen molar-refractivity contribution in [3.63, 3.8) is 0 Å². The van der Waals surface area contributed by atoms with Crippen LogP contribution >= 0.6 is 0 Å². The molecule has 5 heteroatoms. The van der Waals surface area contributed by atoms with Crippen LogP contribution < -0.4 is 0 Å². The molecule has 1 aromatic rings. The van der Waals surface area contributed by atoms with Crippen molar-refractivity contribution < 1.29 is 14.7 Å². The quantitative estimate of drug-likeness (QED) is 0.884. The number of nitrogens with zero attached hydrogens (tertiary/aromatic N) is 2. The van der Waals surface area contributed by atoms with Crippen LogP contribution in [-0.4, -0.2) is 47.0 Å². The van der Waals surface area contributed by atoms with Gasteiger partial charge in [-0.05, 0) is 36.6 Å². The topological polar surface area (TPSA) is 60.9 Å². The molecule has 1 N–H and O–H groups in total. The fourth-order valence-corrected chi connectivity index (χ4v) is 2.23. The van der Waals surface area contributed by atoms with Crippen LogP contribution in [0.3, 0.4) is 0 Å². The molecule has 2 rings (SSSR count). The lowest BCUT2D eigenvalue weighted by atomic mass is 9.97. The highest BCUT2D eigenvalue weighted by Gasteiger charge is 2.23. The SMILES string of the molecule is CCN(C)C(=O)N1CCc2ccc(C(=O)O)cc2C1. The Morgan fingerprint density at radius 3 is 2.74 bits per heavy atom. The zero-order valence-electron chi connectivity index (χ0n) is 11.2. The number of urea groups is 1. The van der Waals surface area contributed by atoms with E-state index < -0.39 is 5.97 Å². The van der Waals surface area contributed by atoms with Gasteiger partial charge in [0.25, 0.3) is 0 Å². The first-order chi connectivity index (χ1) is 9.02. The van der Waals surface area contributed by atoms with Crippen molar-refractivity contribution in [1.29, 1.82) is 0 Å². The maximum atomic E-state index is 12.1. The fourth-order valence-electron chi connectivity index (χ4n) is 2.23. The highest BCUT2D eigenvalue weighted by atomic mass is 16.4. The Morgan fingerprint density at radius 1 is 1.37 bits per heavy atom. The number of hydrogen-bond donors (Lipinski definition) is 1. The van der Waals surface area contributed by atoms with Crippen LogP contribution in [0.5, 0.6) is 0 Å². The van der Waals surface area contributed by atoms with Crippen LogP contribution in [0.25, 0.3) is 0 Å². The van der Waals surface area contributed by atoms with Crippen LogP contribution in [0.2, 0.25) is 0 Å². The van der Waals surface area contributed by atoms with E-state index in [-0.39, 0.29) is 11.6 Å². The third-order valence-electron chi connectivity index (χ3n) is 3.54. The summed E-state index contributed by atoms with van der Waals surface area (Å²) in [6, 6.07) is 5.14. The van der Waals surface area contributed by atoms with Gasteiger partial charge in [0.15, 0.2) is 0 Å². The Morgan fingerprint density at radius 2 is 2.11 bits per heavy atom. The molecular formula is C14H18N2O3. The van der Waals surface area contributed by atoms with Gasteiger partial charge >= 0.3 is 12.0 Å². The van der Waals surface area contributed by atoms with Gasteiger partial charge in [0.1, 0.15) is 0 Å². The zero-order valence-corrected chi connectivity index (χ0v) is 11.2. The Bertz CT molecular complexity index is 513. The molecule has 2 amide bonds. The number of amides is 2. The minimum atomic E-state index is -0.933.